The molecule has 0 aromatic heterocycles. The Balaban J connectivity index is 1.46. The van der Waals surface area contributed by atoms with Gasteiger partial charge in [0.1, 0.15) is 11.9 Å². The maximum absolute atomic E-state index is 13.3. The summed E-state index contributed by atoms with van der Waals surface area (Å²) in [7, 11) is 0. The van der Waals surface area contributed by atoms with Gasteiger partial charge < -0.3 is 0 Å². The zero-order valence-corrected chi connectivity index (χ0v) is 17.6. The minimum atomic E-state index is -0.439. The zero-order valence-electron chi connectivity index (χ0n) is 16.0. The number of amidine groups is 2. The lowest BCUT2D eigenvalue weighted by molar-refractivity contribution is -0.124. The molecule has 0 unspecified atom stereocenters. The van der Waals surface area contributed by atoms with E-state index in [0.29, 0.717) is 28.2 Å². The Bertz CT molecular complexity index is 1180. The number of nitrogens with zero attached hydrogens (tertiary/aromatic N) is 3. The second kappa shape index (κ2) is 8.09. The van der Waals surface area contributed by atoms with Gasteiger partial charge in [-0.2, -0.15) is 0 Å². The maximum atomic E-state index is 13.3. The Labute approximate surface area is 184 Å². The van der Waals surface area contributed by atoms with Crippen LogP contribution in [0.5, 0.6) is 0 Å². The lowest BCUT2D eigenvalue weighted by Crippen LogP contribution is -2.41. The third-order valence-electron chi connectivity index (χ3n) is 5.08. The lowest BCUT2D eigenvalue weighted by Gasteiger charge is -2.25. The molecule has 2 aliphatic rings. The number of amides is 1. The molecular weight excluding hydrogens is 414 g/mol. The highest BCUT2D eigenvalue weighted by Crippen LogP contribution is 2.35. The molecule has 1 amide bonds. The summed E-state index contributed by atoms with van der Waals surface area (Å²) in [5, 5.41) is 1.36. The van der Waals surface area contributed by atoms with E-state index in [4.69, 9.17) is 21.6 Å². The number of hydrogen-bond donors (Lipinski definition) is 0. The van der Waals surface area contributed by atoms with Gasteiger partial charge in [0, 0.05) is 22.8 Å². The molecule has 6 heteroatoms. The summed E-state index contributed by atoms with van der Waals surface area (Å²) in [6.45, 7) is 0. The Morgan fingerprint density at radius 1 is 0.933 bits per heavy atom. The van der Waals surface area contributed by atoms with Crippen LogP contribution >= 0.6 is 23.4 Å². The normalized spacial score (nSPS) is 17.3. The van der Waals surface area contributed by atoms with Gasteiger partial charge >= 0.3 is 0 Å². The number of benzene rings is 3. The monoisotopic (exact) mass is 431 g/mol. The lowest BCUT2D eigenvalue weighted by atomic mass is 10.1. The highest BCUT2D eigenvalue weighted by atomic mass is 35.5. The molecule has 30 heavy (non-hydrogen) atoms. The van der Waals surface area contributed by atoms with Crippen LogP contribution in [0.4, 0.5) is 5.69 Å². The highest BCUT2D eigenvalue weighted by molar-refractivity contribution is 8.13. The molecular formula is C24H18ClN3OS. The minimum absolute atomic E-state index is 0.0271. The number of carbonyl (C=O) groups is 1. The molecule has 148 valence electrons. The molecule has 0 radical (unpaired) electrons. The number of fused-ring (bicyclic) bond motifs is 3. The van der Waals surface area contributed by atoms with Crippen molar-refractivity contribution in [3.05, 3.63) is 101 Å². The van der Waals surface area contributed by atoms with E-state index >= 15 is 0 Å². The first-order chi connectivity index (χ1) is 14.7. The summed E-state index contributed by atoms with van der Waals surface area (Å²) >= 11 is 7.65. The van der Waals surface area contributed by atoms with E-state index < -0.39 is 6.04 Å². The predicted molar refractivity (Wildman–Crippen MR) is 124 cm³/mol. The molecule has 0 N–H and O–H groups in total. The first kappa shape index (κ1) is 19.1. The summed E-state index contributed by atoms with van der Waals surface area (Å²) < 4.78 is 0. The molecule has 0 aliphatic carbocycles. The van der Waals surface area contributed by atoms with E-state index in [9.17, 15) is 4.79 Å². The Hall–Kier alpha value is -2.89. The van der Waals surface area contributed by atoms with Crippen LogP contribution in [0.15, 0.2) is 88.8 Å². The number of para-hydroxylation sites is 1. The van der Waals surface area contributed by atoms with Crippen molar-refractivity contribution >= 4 is 46.0 Å². The molecule has 0 saturated heterocycles. The zero-order chi connectivity index (χ0) is 20.5. The molecule has 0 fully saturated rings. The standard InChI is InChI=1S/C24H18ClN3OS/c25-18-10-6-9-17(13-18)15-30-24-27-20-12-5-4-11-19(20)22-26-21(23(29)28(22)24)14-16-7-2-1-3-8-16/h1-13,21H,14-15H2/t21-/m1/s1. The van der Waals surface area contributed by atoms with E-state index in [1.807, 2.05) is 78.9 Å². The van der Waals surface area contributed by atoms with E-state index in [1.54, 1.807) is 4.90 Å². The van der Waals surface area contributed by atoms with Gasteiger partial charge in [-0.25, -0.2) is 9.89 Å². The molecule has 0 bridgehead atoms. The smallest absolute Gasteiger partial charge is 0.259 e. The van der Waals surface area contributed by atoms with Gasteiger partial charge in [-0.05, 0) is 35.4 Å². The van der Waals surface area contributed by atoms with Crippen molar-refractivity contribution in [3.8, 4) is 0 Å². The largest absolute Gasteiger partial charge is 0.271 e. The molecule has 4 nitrogen and oxygen atoms in total. The van der Waals surface area contributed by atoms with Crippen molar-refractivity contribution in [1.29, 1.82) is 0 Å². The van der Waals surface area contributed by atoms with Gasteiger partial charge in [0.2, 0.25) is 0 Å². The molecule has 1 atom stereocenters. The molecule has 3 aromatic rings. The average molecular weight is 432 g/mol. The SMILES string of the molecule is O=C1[C@@H](Cc2ccccc2)N=C2c3ccccc3N=C(SCc3cccc(Cl)c3)N12. The van der Waals surface area contributed by atoms with Crippen LogP contribution in [0, 0.1) is 0 Å². The van der Waals surface area contributed by atoms with Crippen molar-refractivity contribution in [2.75, 3.05) is 0 Å². The number of aliphatic imine (C=N–C) groups is 2. The van der Waals surface area contributed by atoms with Gasteiger partial charge in [-0.15, -0.1) is 0 Å². The van der Waals surface area contributed by atoms with E-state index in [2.05, 4.69) is 0 Å². The highest BCUT2D eigenvalue weighted by Gasteiger charge is 2.41. The Morgan fingerprint density at radius 2 is 1.70 bits per heavy atom. The van der Waals surface area contributed by atoms with Crippen LogP contribution < -0.4 is 0 Å². The Morgan fingerprint density at radius 3 is 2.53 bits per heavy atom. The fourth-order valence-corrected chi connectivity index (χ4v) is 4.80. The second-order valence-corrected chi connectivity index (χ2v) is 8.54. The van der Waals surface area contributed by atoms with Crippen molar-refractivity contribution in [2.45, 2.75) is 18.2 Å². The average Bonchev–Trinajstić information content (AvgIpc) is 3.09. The first-order valence-electron chi connectivity index (χ1n) is 9.70. The molecule has 0 spiro atoms. The second-order valence-electron chi connectivity index (χ2n) is 7.16. The van der Waals surface area contributed by atoms with Crippen LogP contribution in [-0.4, -0.2) is 27.9 Å². The van der Waals surface area contributed by atoms with Crippen molar-refractivity contribution < 1.29 is 4.79 Å². The number of thioether (sulfide) groups is 1. The van der Waals surface area contributed by atoms with Crippen LogP contribution in [0.2, 0.25) is 5.02 Å². The van der Waals surface area contributed by atoms with Gasteiger partial charge in [-0.1, -0.05) is 78.0 Å². The molecule has 2 aliphatic heterocycles. The van der Waals surface area contributed by atoms with E-state index in [-0.39, 0.29) is 5.91 Å². The van der Waals surface area contributed by atoms with Crippen LogP contribution in [0.3, 0.4) is 0 Å². The van der Waals surface area contributed by atoms with Gasteiger partial charge in [0.25, 0.3) is 5.91 Å². The Kier molecular flexibility index (Phi) is 5.15. The van der Waals surface area contributed by atoms with E-state index in [1.165, 1.54) is 11.8 Å². The van der Waals surface area contributed by atoms with E-state index in [0.717, 1.165) is 22.4 Å². The van der Waals surface area contributed by atoms with Crippen molar-refractivity contribution in [3.63, 3.8) is 0 Å². The van der Waals surface area contributed by atoms with Gasteiger partial charge in [0.05, 0.1) is 5.69 Å². The third-order valence-corrected chi connectivity index (χ3v) is 6.32. The molecule has 5 rings (SSSR count). The third kappa shape index (κ3) is 3.66. The minimum Gasteiger partial charge on any atom is -0.271 e. The topological polar surface area (TPSA) is 45.0 Å². The fraction of sp³-hybridized carbons (Fsp3) is 0.125. The maximum Gasteiger partial charge on any atom is 0.259 e. The summed E-state index contributed by atoms with van der Waals surface area (Å²) in [4.78, 5) is 24.6. The number of hydrogen-bond acceptors (Lipinski definition) is 4. The van der Waals surface area contributed by atoms with Crippen LogP contribution in [0.1, 0.15) is 16.7 Å². The first-order valence-corrected chi connectivity index (χ1v) is 11.1. The number of rotatable bonds is 4. The fourth-order valence-electron chi connectivity index (χ4n) is 3.64. The molecule has 2 heterocycles. The van der Waals surface area contributed by atoms with Crippen molar-refractivity contribution in [1.82, 2.24) is 4.90 Å². The summed E-state index contributed by atoms with van der Waals surface area (Å²) in [5.41, 5.74) is 3.92. The van der Waals surface area contributed by atoms with Crippen molar-refractivity contribution in [2.24, 2.45) is 9.98 Å². The van der Waals surface area contributed by atoms with Crippen LogP contribution in [-0.2, 0) is 17.0 Å². The number of carbonyl (C=O) groups excluding carboxylic acids is 1. The molecule has 0 saturated carbocycles. The predicted octanol–water partition coefficient (Wildman–Crippen LogP) is 5.47. The summed E-state index contributed by atoms with van der Waals surface area (Å²) in [6, 6.07) is 25.1. The summed E-state index contributed by atoms with van der Waals surface area (Å²) in [5.74, 6) is 1.34. The number of halogens is 1. The summed E-state index contributed by atoms with van der Waals surface area (Å²) in [6.07, 6.45) is 0.577. The van der Waals surface area contributed by atoms with Crippen LogP contribution in [0.25, 0.3) is 0 Å². The quantitative estimate of drug-likeness (QED) is 0.549. The van der Waals surface area contributed by atoms with Gasteiger partial charge in [-0.3, -0.25) is 9.79 Å². The molecule has 3 aromatic carbocycles. The van der Waals surface area contributed by atoms with Gasteiger partial charge in [0.15, 0.2) is 5.17 Å².